The van der Waals surface area contributed by atoms with Gasteiger partial charge in [0.25, 0.3) is 0 Å². The summed E-state index contributed by atoms with van der Waals surface area (Å²) in [6.45, 7) is 3.77. The fourth-order valence-electron chi connectivity index (χ4n) is 4.17. The third-order valence-electron chi connectivity index (χ3n) is 5.81. The lowest BCUT2D eigenvalue weighted by molar-refractivity contribution is -0.137. The Morgan fingerprint density at radius 2 is 2.00 bits per heavy atom. The maximum Gasteiger partial charge on any atom is 0.417 e. The molecule has 2 aromatic heterocycles. The molecule has 6 nitrogen and oxygen atoms in total. The Morgan fingerprint density at radius 3 is 2.76 bits per heavy atom. The molecule has 4 aromatic rings. The summed E-state index contributed by atoms with van der Waals surface area (Å²) < 4.78 is 60.3. The zero-order valence-corrected chi connectivity index (χ0v) is 18.0. The Kier molecular flexibility index (Phi) is 5.40. The molecule has 1 atom stereocenters. The second kappa shape index (κ2) is 8.28. The summed E-state index contributed by atoms with van der Waals surface area (Å²) in [6.07, 6.45) is -3.31. The van der Waals surface area contributed by atoms with Crippen LogP contribution in [0.5, 0.6) is 0 Å². The number of carbonyl (C=O) groups is 1. The van der Waals surface area contributed by atoms with Crippen molar-refractivity contribution in [3.05, 3.63) is 71.2 Å². The number of H-pyrrole nitrogens is 2. The number of nitrogens with zero attached hydrogens (tertiary/aromatic N) is 2. The van der Waals surface area contributed by atoms with E-state index >= 15 is 0 Å². The Bertz CT molecular complexity index is 1380. The molecule has 1 saturated heterocycles. The standard InChI is InChI=1S/C24H20F4N4O2/c1-13-12-32(6-7-34-13)15-9-18(25)21-19(10-15)30-23(31-21)20-8-14(11-29-20)22(33)16-4-2-3-5-17(16)24(26,27)28/h2-5,8-11,13,29H,6-7,12H2,1H3,(H,30,31)/t13-/m1/s1. The van der Waals surface area contributed by atoms with Gasteiger partial charge in [0.05, 0.1) is 29.5 Å². The number of rotatable bonds is 4. The number of imidazole rings is 1. The average Bonchev–Trinajstić information content (AvgIpc) is 3.46. The highest BCUT2D eigenvalue weighted by atomic mass is 19.4. The number of ether oxygens (including phenoxy) is 1. The first-order valence-corrected chi connectivity index (χ1v) is 10.7. The Morgan fingerprint density at radius 1 is 1.21 bits per heavy atom. The van der Waals surface area contributed by atoms with E-state index in [9.17, 15) is 22.4 Å². The van der Waals surface area contributed by atoms with Crippen molar-refractivity contribution in [2.75, 3.05) is 24.6 Å². The van der Waals surface area contributed by atoms with Gasteiger partial charge in [0, 0.05) is 36.1 Å². The van der Waals surface area contributed by atoms with Crippen molar-refractivity contribution in [2.45, 2.75) is 19.2 Å². The van der Waals surface area contributed by atoms with E-state index in [-0.39, 0.29) is 23.0 Å². The van der Waals surface area contributed by atoms with Crippen LogP contribution in [0.25, 0.3) is 22.6 Å². The van der Waals surface area contributed by atoms with Crippen LogP contribution in [-0.2, 0) is 10.9 Å². The van der Waals surface area contributed by atoms with Crippen molar-refractivity contribution in [3.8, 4) is 11.5 Å². The van der Waals surface area contributed by atoms with E-state index < -0.39 is 28.9 Å². The summed E-state index contributed by atoms with van der Waals surface area (Å²) >= 11 is 0. The molecule has 5 rings (SSSR count). The highest BCUT2D eigenvalue weighted by molar-refractivity contribution is 6.10. The number of anilines is 1. The van der Waals surface area contributed by atoms with Crippen LogP contribution in [0.4, 0.5) is 23.2 Å². The van der Waals surface area contributed by atoms with E-state index in [2.05, 4.69) is 15.0 Å². The maximum atomic E-state index is 14.8. The SMILES string of the molecule is C[C@@H]1CN(c2cc(F)c3nc(-c4cc(C(=O)c5ccccc5C(F)(F)F)c[nH]4)[nH]c3c2)CCO1. The number of nitrogens with one attached hydrogen (secondary N) is 2. The molecule has 1 aliphatic rings. The van der Waals surface area contributed by atoms with E-state index in [0.717, 1.165) is 12.1 Å². The molecule has 1 aliphatic heterocycles. The number of ketones is 1. The molecule has 2 N–H and O–H groups in total. The number of alkyl halides is 3. The lowest BCUT2D eigenvalue weighted by atomic mass is 9.99. The van der Waals surface area contributed by atoms with Crippen LogP contribution in [0.1, 0.15) is 28.4 Å². The molecule has 0 bridgehead atoms. The molecule has 34 heavy (non-hydrogen) atoms. The number of carbonyl (C=O) groups excluding carboxylic acids is 1. The van der Waals surface area contributed by atoms with Gasteiger partial charge in [0.15, 0.2) is 17.4 Å². The van der Waals surface area contributed by atoms with Crippen LogP contribution in [0.15, 0.2) is 48.7 Å². The predicted molar refractivity (Wildman–Crippen MR) is 118 cm³/mol. The zero-order valence-electron chi connectivity index (χ0n) is 18.0. The molecule has 2 aromatic carbocycles. The molecule has 0 amide bonds. The van der Waals surface area contributed by atoms with Gasteiger partial charge in [-0.05, 0) is 31.2 Å². The van der Waals surface area contributed by atoms with Crippen molar-refractivity contribution in [1.82, 2.24) is 15.0 Å². The van der Waals surface area contributed by atoms with Gasteiger partial charge in [-0.1, -0.05) is 18.2 Å². The summed E-state index contributed by atoms with van der Waals surface area (Å²) in [4.78, 5) is 25.0. The van der Waals surface area contributed by atoms with E-state index in [1.54, 1.807) is 6.07 Å². The van der Waals surface area contributed by atoms with E-state index in [1.165, 1.54) is 30.5 Å². The molecule has 0 aliphatic carbocycles. The first kappa shape index (κ1) is 22.1. The topological polar surface area (TPSA) is 74.0 Å². The van der Waals surface area contributed by atoms with Crippen LogP contribution in [0.3, 0.4) is 0 Å². The molecule has 0 spiro atoms. The number of fused-ring (bicyclic) bond motifs is 1. The van der Waals surface area contributed by atoms with Gasteiger partial charge in [0.1, 0.15) is 5.52 Å². The highest BCUT2D eigenvalue weighted by Crippen LogP contribution is 2.33. The van der Waals surface area contributed by atoms with E-state index in [4.69, 9.17) is 4.74 Å². The van der Waals surface area contributed by atoms with Crippen LogP contribution < -0.4 is 4.90 Å². The number of hydrogen-bond acceptors (Lipinski definition) is 4. The molecule has 0 unspecified atom stereocenters. The molecule has 10 heteroatoms. The summed E-state index contributed by atoms with van der Waals surface area (Å²) in [5.74, 6) is -1.01. The van der Waals surface area contributed by atoms with Crippen LogP contribution in [-0.4, -0.2) is 46.5 Å². The second-order valence-corrected chi connectivity index (χ2v) is 8.21. The Labute approximate surface area is 191 Å². The third-order valence-corrected chi connectivity index (χ3v) is 5.81. The molecule has 176 valence electrons. The number of aromatic nitrogens is 3. The van der Waals surface area contributed by atoms with Gasteiger partial charge in [-0.3, -0.25) is 4.79 Å². The lowest BCUT2D eigenvalue weighted by Gasteiger charge is -2.32. The van der Waals surface area contributed by atoms with Crippen molar-refractivity contribution in [3.63, 3.8) is 0 Å². The maximum absolute atomic E-state index is 14.8. The minimum Gasteiger partial charge on any atom is -0.375 e. The van der Waals surface area contributed by atoms with Gasteiger partial charge < -0.3 is 19.6 Å². The van der Waals surface area contributed by atoms with Crippen LogP contribution >= 0.6 is 0 Å². The number of benzene rings is 2. The number of hydrogen-bond donors (Lipinski definition) is 2. The predicted octanol–water partition coefficient (Wildman–Crippen LogP) is 5.17. The van der Waals surface area contributed by atoms with Crippen LogP contribution in [0.2, 0.25) is 0 Å². The summed E-state index contributed by atoms with van der Waals surface area (Å²) in [7, 11) is 0. The number of morpholine rings is 1. The Balaban J connectivity index is 1.46. The first-order valence-electron chi connectivity index (χ1n) is 10.7. The fraction of sp³-hybridized carbons (Fsp3) is 0.250. The molecule has 1 fully saturated rings. The van der Waals surface area contributed by atoms with Gasteiger partial charge in [0.2, 0.25) is 0 Å². The fourth-order valence-corrected chi connectivity index (χ4v) is 4.17. The minimum atomic E-state index is -4.66. The quantitative estimate of drug-likeness (QED) is 0.317. The van der Waals surface area contributed by atoms with Gasteiger partial charge in [-0.2, -0.15) is 13.2 Å². The van der Waals surface area contributed by atoms with Crippen molar-refractivity contribution < 1.29 is 27.1 Å². The van der Waals surface area contributed by atoms with E-state index in [1.807, 2.05) is 11.8 Å². The van der Waals surface area contributed by atoms with Crippen molar-refractivity contribution in [1.29, 1.82) is 0 Å². The third kappa shape index (κ3) is 4.05. The van der Waals surface area contributed by atoms with Gasteiger partial charge >= 0.3 is 6.18 Å². The van der Waals surface area contributed by atoms with Crippen molar-refractivity contribution >= 4 is 22.5 Å². The normalized spacial score (nSPS) is 16.9. The monoisotopic (exact) mass is 472 g/mol. The van der Waals surface area contributed by atoms with E-state index in [0.29, 0.717) is 36.6 Å². The second-order valence-electron chi connectivity index (χ2n) is 8.21. The highest BCUT2D eigenvalue weighted by Gasteiger charge is 2.35. The molecule has 3 heterocycles. The first-order chi connectivity index (χ1) is 16.2. The molecular weight excluding hydrogens is 452 g/mol. The zero-order chi connectivity index (χ0) is 24.0. The molecule has 0 radical (unpaired) electrons. The van der Waals surface area contributed by atoms with Gasteiger partial charge in [-0.25, -0.2) is 9.37 Å². The smallest absolute Gasteiger partial charge is 0.375 e. The Hall–Kier alpha value is -3.66. The average molecular weight is 472 g/mol. The summed E-state index contributed by atoms with van der Waals surface area (Å²) in [6, 6.07) is 9.24. The van der Waals surface area contributed by atoms with Gasteiger partial charge in [-0.15, -0.1) is 0 Å². The number of aromatic amines is 2. The molecule has 0 saturated carbocycles. The minimum absolute atomic E-state index is 0.0298. The summed E-state index contributed by atoms with van der Waals surface area (Å²) in [5, 5.41) is 0. The summed E-state index contributed by atoms with van der Waals surface area (Å²) in [5.41, 5.74) is 0.236. The lowest BCUT2D eigenvalue weighted by Crippen LogP contribution is -2.41. The van der Waals surface area contributed by atoms with Crippen molar-refractivity contribution in [2.24, 2.45) is 0 Å². The largest absolute Gasteiger partial charge is 0.417 e. The number of halogens is 4. The van der Waals surface area contributed by atoms with Crippen LogP contribution in [0, 0.1) is 5.82 Å². The molecular formula is C24H20F4N4O2.